The monoisotopic (exact) mass is 310 g/mol. The molecule has 2 aromatic heterocycles. The lowest BCUT2D eigenvalue weighted by Gasteiger charge is -2.08. The lowest BCUT2D eigenvalue weighted by Crippen LogP contribution is -2.27. The summed E-state index contributed by atoms with van der Waals surface area (Å²) in [6, 6.07) is 1.79. The quantitative estimate of drug-likeness (QED) is 0.741. The highest BCUT2D eigenvalue weighted by atomic mass is 32.2. The van der Waals surface area contributed by atoms with E-state index in [-0.39, 0.29) is 0 Å². The van der Waals surface area contributed by atoms with Crippen LogP contribution in [0.4, 0.5) is 5.82 Å². The molecule has 2 N–H and O–H groups in total. The van der Waals surface area contributed by atoms with Crippen molar-refractivity contribution in [2.45, 2.75) is 13.8 Å². The standard InChI is InChI=1S/C12H18N6O2S/c1-9-10(2)18(8-16-9)12-6-11(14-7-15-12)13-4-5-17-21(3,19)20/h6-8,17H,4-5H2,1-3H3,(H,13,14,15). The zero-order valence-corrected chi connectivity index (χ0v) is 13.0. The second-order valence-electron chi connectivity index (χ2n) is 4.64. The maximum Gasteiger partial charge on any atom is 0.208 e. The van der Waals surface area contributed by atoms with Gasteiger partial charge in [0, 0.05) is 24.8 Å². The maximum atomic E-state index is 10.9. The van der Waals surface area contributed by atoms with Gasteiger partial charge in [0.15, 0.2) is 0 Å². The fourth-order valence-electron chi connectivity index (χ4n) is 1.73. The lowest BCUT2D eigenvalue weighted by molar-refractivity contribution is 0.589. The molecule has 0 atom stereocenters. The number of hydrogen-bond donors (Lipinski definition) is 2. The molecule has 0 radical (unpaired) electrons. The van der Waals surface area contributed by atoms with Crippen molar-refractivity contribution in [1.29, 1.82) is 0 Å². The summed E-state index contributed by atoms with van der Waals surface area (Å²) in [4.78, 5) is 12.5. The highest BCUT2D eigenvalue weighted by Gasteiger charge is 2.06. The summed E-state index contributed by atoms with van der Waals surface area (Å²) in [7, 11) is -3.17. The van der Waals surface area contributed by atoms with Crippen molar-refractivity contribution in [3.05, 3.63) is 30.1 Å². The first-order valence-electron chi connectivity index (χ1n) is 6.38. The van der Waals surface area contributed by atoms with Crippen LogP contribution in [-0.4, -0.2) is 47.3 Å². The Kier molecular flexibility index (Phi) is 4.53. The number of aromatic nitrogens is 4. The molecule has 2 heterocycles. The first kappa shape index (κ1) is 15.4. The fourth-order valence-corrected chi connectivity index (χ4v) is 2.20. The third-order valence-electron chi connectivity index (χ3n) is 2.95. The van der Waals surface area contributed by atoms with Crippen molar-refractivity contribution in [2.75, 3.05) is 24.7 Å². The minimum atomic E-state index is -3.17. The molecule has 0 unspecified atom stereocenters. The molecule has 8 nitrogen and oxygen atoms in total. The lowest BCUT2D eigenvalue weighted by atomic mass is 10.4. The summed E-state index contributed by atoms with van der Waals surface area (Å²) in [5.74, 6) is 1.34. The highest BCUT2D eigenvalue weighted by molar-refractivity contribution is 7.88. The molecule has 0 amide bonds. The van der Waals surface area contributed by atoms with Crippen molar-refractivity contribution >= 4 is 15.8 Å². The molecule has 0 aliphatic rings. The van der Waals surface area contributed by atoms with E-state index in [1.807, 2.05) is 18.4 Å². The van der Waals surface area contributed by atoms with Gasteiger partial charge < -0.3 is 5.32 Å². The van der Waals surface area contributed by atoms with Gasteiger partial charge in [-0.05, 0) is 13.8 Å². The Morgan fingerprint density at radius 3 is 2.57 bits per heavy atom. The zero-order chi connectivity index (χ0) is 15.5. The molecule has 0 bridgehead atoms. The Morgan fingerprint density at radius 2 is 1.95 bits per heavy atom. The van der Waals surface area contributed by atoms with E-state index >= 15 is 0 Å². The van der Waals surface area contributed by atoms with E-state index in [0.29, 0.717) is 24.7 Å². The molecule has 0 saturated heterocycles. The predicted molar refractivity (Wildman–Crippen MR) is 80.0 cm³/mol. The maximum absolute atomic E-state index is 10.9. The number of anilines is 1. The van der Waals surface area contributed by atoms with E-state index in [9.17, 15) is 8.42 Å². The minimum Gasteiger partial charge on any atom is -0.369 e. The molecular weight excluding hydrogens is 292 g/mol. The van der Waals surface area contributed by atoms with Crippen LogP contribution in [0.15, 0.2) is 18.7 Å². The van der Waals surface area contributed by atoms with Crippen LogP contribution >= 0.6 is 0 Å². The second kappa shape index (κ2) is 6.19. The van der Waals surface area contributed by atoms with Gasteiger partial charge in [-0.25, -0.2) is 28.1 Å². The molecule has 114 valence electrons. The number of rotatable bonds is 6. The van der Waals surface area contributed by atoms with Gasteiger partial charge in [-0.2, -0.15) is 0 Å². The predicted octanol–water partition coefficient (Wildman–Crippen LogP) is 0.240. The smallest absolute Gasteiger partial charge is 0.208 e. The number of nitrogens with one attached hydrogen (secondary N) is 2. The molecule has 0 aliphatic heterocycles. The Bertz CT molecular complexity index is 725. The number of imidazole rings is 1. The third-order valence-corrected chi connectivity index (χ3v) is 3.68. The van der Waals surface area contributed by atoms with Crippen LogP contribution in [0.2, 0.25) is 0 Å². The highest BCUT2D eigenvalue weighted by Crippen LogP contribution is 2.13. The Balaban J connectivity index is 2.03. The number of nitrogens with zero attached hydrogens (tertiary/aromatic N) is 4. The van der Waals surface area contributed by atoms with Crippen LogP contribution in [0.25, 0.3) is 5.82 Å². The molecule has 0 aliphatic carbocycles. The van der Waals surface area contributed by atoms with E-state index in [0.717, 1.165) is 17.6 Å². The van der Waals surface area contributed by atoms with Crippen LogP contribution in [0.3, 0.4) is 0 Å². The van der Waals surface area contributed by atoms with E-state index in [4.69, 9.17) is 0 Å². The average Bonchev–Trinajstić information content (AvgIpc) is 2.75. The first-order valence-corrected chi connectivity index (χ1v) is 8.27. The van der Waals surface area contributed by atoms with Gasteiger partial charge in [-0.15, -0.1) is 0 Å². The molecule has 0 fully saturated rings. The summed E-state index contributed by atoms with van der Waals surface area (Å²) in [5.41, 5.74) is 1.96. The van der Waals surface area contributed by atoms with E-state index < -0.39 is 10.0 Å². The SMILES string of the molecule is Cc1ncn(-c2cc(NCCNS(C)(=O)=O)ncn2)c1C. The van der Waals surface area contributed by atoms with Gasteiger partial charge >= 0.3 is 0 Å². The Morgan fingerprint density at radius 1 is 1.19 bits per heavy atom. The van der Waals surface area contributed by atoms with Gasteiger partial charge in [0.1, 0.15) is 24.3 Å². The van der Waals surface area contributed by atoms with Crippen molar-refractivity contribution < 1.29 is 8.42 Å². The molecule has 21 heavy (non-hydrogen) atoms. The summed E-state index contributed by atoms with van der Waals surface area (Å²) in [6.07, 6.45) is 4.29. The van der Waals surface area contributed by atoms with Crippen LogP contribution < -0.4 is 10.0 Å². The minimum absolute atomic E-state index is 0.293. The van der Waals surface area contributed by atoms with Gasteiger partial charge in [-0.1, -0.05) is 0 Å². The summed E-state index contributed by atoms with van der Waals surface area (Å²) in [5, 5.41) is 3.04. The van der Waals surface area contributed by atoms with Crippen molar-refractivity contribution in [2.24, 2.45) is 0 Å². The molecule has 0 aromatic carbocycles. The van der Waals surface area contributed by atoms with E-state index in [1.54, 1.807) is 12.4 Å². The van der Waals surface area contributed by atoms with Crippen molar-refractivity contribution in [3.63, 3.8) is 0 Å². The molecule has 2 aromatic rings. The van der Waals surface area contributed by atoms with Crippen molar-refractivity contribution in [1.82, 2.24) is 24.2 Å². The van der Waals surface area contributed by atoms with E-state index in [1.165, 1.54) is 6.33 Å². The number of hydrogen-bond acceptors (Lipinski definition) is 6. The van der Waals surface area contributed by atoms with Crippen LogP contribution in [0.1, 0.15) is 11.4 Å². The summed E-state index contributed by atoms with van der Waals surface area (Å²) >= 11 is 0. The van der Waals surface area contributed by atoms with Gasteiger partial charge in [0.25, 0.3) is 0 Å². The largest absolute Gasteiger partial charge is 0.369 e. The Labute approximate surface area is 123 Å². The summed E-state index contributed by atoms with van der Waals surface area (Å²) < 4.78 is 26.2. The second-order valence-corrected chi connectivity index (χ2v) is 6.47. The van der Waals surface area contributed by atoms with Gasteiger partial charge in [-0.3, -0.25) is 4.57 Å². The van der Waals surface area contributed by atoms with Gasteiger partial charge in [0.2, 0.25) is 10.0 Å². The van der Waals surface area contributed by atoms with Crippen LogP contribution in [0, 0.1) is 13.8 Å². The zero-order valence-electron chi connectivity index (χ0n) is 12.2. The van der Waals surface area contributed by atoms with Crippen molar-refractivity contribution in [3.8, 4) is 5.82 Å². The fraction of sp³-hybridized carbons (Fsp3) is 0.417. The summed E-state index contributed by atoms with van der Waals surface area (Å²) in [6.45, 7) is 4.63. The average molecular weight is 310 g/mol. The van der Waals surface area contributed by atoms with Crippen LogP contribution in [0.5, 0.6) is 0 Å². The van der Waals surface area contributed by atoms with Crippen LogP contribution in [-0.2, 0) is 10.0 Å². The molecule has 2 rings (SSSR count). The van der Waals surface area contributed by atoms with E-state index in [2.05, 4.69) is 25.0 Å². The topological polar surface area (TPSA) is 102 Å². The normalized spacial score (nSPS) is 11.6. The molecule has 0 saturated carbocycles. The molecule has 9 heteroatoms. The molecule has 0 spiro atoms. The Hall–Kier alpha value is -2.00. The first-order chi connectivity index (χ1) is 9.87. The number of aryl methyl sites for hydroxylation is 1. The molecular formula is C12H18N6O2S. The number of sulfonamides is 1. The van der Waals surface area contributed by atoms with Gasteiger partial charge in [0.05, 0.1) is 11.9 Å². The third kappa shape index (κ3) is 4.23.